The number of nitrogens with one attached hydrogen (secondary N) is 1. The highest BCUT2D eigenvalue weighted by molar-refractivity contribution is 5.09. The van der Waals surface area contributed by atoms with E-state index in [2.05, 4.69) is 29.3 Å². The molecule has 1 aromatic rings. The first-order valence-electron chi connectivity index (χ1n) is 6.61. The maximum absolute atomic E-state index is 5.86. The molecule has 1 aliphatic heterocycles. The van der Waals surface area contributed by atoms with Gasteiger partial charge < -0.3 is 4.74 Å². The maximum atomic E-state index is 5.86. The molecule has 6 heteroatoms. The summed E-state index contributed by atoms with van der Waals surface area (Å²) in [5.74, 6) is 5.72. The van der Waals surface area contributed by atoms with Gasteiger partial charge in [-0.15, -0.1) is 0 Å². The maximum Gasteiger partial charge on any atom is 0.0925 e. The summed E-state index contributed by atoms with van der Waals surface area (Å²) in [6, 6.07) is 1.99. The molecule has 0 saturated carbocycles. The van der Waals surface area contributed by atoms with E-state index >= 15 is 0 Å². The first kappa shape index (κ1) is 13.5. The minimum absolute atomic E-state index is 0.0122. The molecule has 102 valence electrons. The van der Waals surface area contributed by atoms with Gasteiger partial charge in [-0.2, -0.15) is 5.10 Å². The van der Waals surface area contributed by atoms with Crippen LogP contribution in [0, 0.1) is 0 Å². The molecule has 0 amide bonds. The van der Waals surface area contributed by atoms with Gasteiger partial charge >= 0.3 is 0 Å². The molecule has 0 bridgehead atoms. The number of likely N-dealkylation sites (N-methyl/N-ethyl adjacent to an activating group) is 1. The Balaban J connectivity index is 2.13. The molecular formula is C12H23N5O. The summed E-state index contributed by atoms with van der Waals surface area (Å²) in [5, 5.41) is 4.29. The second-order valence-corrected chi connectivity index (χ2v) is 4.52. The Hall–Kier alpha value is -0.950. The van der Waals surface area contributed by atoms with Crippen LogP contribution in [0.15, 0.2) is 12.3 Å². The molecule has 1 aliphatic rings. The number of aromatic nitrogens is 2. The molecule has 0 aliphatic carbocycles. The third-order valence-electron chi connectivity index (χ3n) is 3.54. The molecule has 1 aromatic heterocycles. The number of nitrogens with zero attached hydrogens (tertiary/aromatic N) is 3. The van der Waals surface area contributed by atoms with Crippen LogP contribution >= 0.6 is 0 Å². The number of aryl methyl sites for hydroxylation is 1. The molecule has 2 unspecified atom stereocenters. The average Bonchev–Trinajstić information content (AvgIpc) is 2.88. The van der Waals surface area contributed by atoms with Crippen LogP contribution in [-0.2, 0) is 11.3 Å². The lowest BCUT2D eigenvalue weighted by molar-refractivity contribution is -0.0470. The summed E-state index contributed by atoms with van der Waals surface area (Å²) in [6.07, 6.45) is 1.88. The van der Waals surface area contributed by atoms with Crippen LogP contribution in [0.5, 0.6) is 0 Å². The molecule has 1 saturated heterocycles. The first-order chi connectivity index (χ1) is 8.80. The Labute approximate surface area is 108 Å². The van der Waals surface area contributed by atoms with Gasteiger partial charge in [0.25, 0.3) is 0 Å². The van der Waals surface area contributed by atoms with Crippen LogP contribution in [-0.4, -0.2) is 47.0 Å². The molecule has 2 rings (SSSR count). The molecular weight excluding hydrogens is 230 g/mol. The highest BCUT2D eigenvalue weighted by Crippen LogP contribution is 2.21. The minimum Gasteiger partial charge on any atom is -0.373 e. The Morgan fingerprint density at radius 2 is 2.39 bits per heavy atom. The van der Waals surface area contributed by atoms with Gasteiger partial charge in [-0.05, 0) is 19.5 Å². The number of hydrogen-bond donors (Lipinski definition) is 2. The lowest BCUT2D eigenvalue weighted by atomic mass is 10.1. The van der Waals surface area contributed by atoms with Crippen molar-refractivity contribution < 1.29 is 4.74 Å². The monoisotopic (exact) mass is 253 g/mol. The summed E-state index contributed by atoms with van der Waals surface area (Å²) in [4.78, 5) is 2.38. The molecule has 1 fully saturated rings. The van der Waals surface area contributed by atoms with E-state index in [1.54, 1.807) is 0 Å². The van der Waals surface area contributed by atoms with Crippen LogP contribution in [0.25, 0.3) is 0 Å². The Kier molecular flexibility index (Phi) is 4.71. The van der Waals surface area contributed by atoms with E-state index in [4.69, 9.17) is 10.6 Å². The number of morpholine rings is 1. The van der Waals surface area contributed by atoms with Crippen LogP contribution < -0.4 is 11.3 Å². The number of nitrogens with two attached hydrogens (primary N) is 1. The van der Waals surface area contributed by atoms with E-state index in [-0.39, 0.29) is 12.1 Å². The number of hydrazine groups is 1. The summed E-state index contributed by atoms with van der Waals surface area (Å²) in [7, 11) is 0. The molecule has 2 heterocycles. The predicted molar refractivity (Wildman–Crippen MR) is 69.8 cm³/mol. The SMILES string of the molecule is CCN1CCOC(C(NN)c2ccnn2CC)C1. The van der Waals surface area contributed by atoms with Gasteiger partial charge in [0.2, 0.25) is 0 Å². The zero-order valence-corrected chi connectivity index (χ0v) is 11.2. The highest BCUT2D eigenvalue weighted by Gasteiger charge is 2.29. The fourth-order valence-corrected chi connectivity index (χ4v) is 2.47. The molecule has 0 aromatic carbocycles. The van der Waals surface area contributed by atoms with E-state index in [1.807, 2.05) is 16.9 Å². The first-order valence-corrected chi connectivity index (χ1v) is 6.61. The lowest BCUT2D eigenvalue weighted by Crippen LogP contribution is -2.49. The van der Waals surface area contributed by atoms with Crippen LogP contribution in [0.4, 0.5) is 0 Å². The van der Waals surface area contributed by atoms with Gasteiger partial charge in [-0.3, -0.25) is 15.4 Å². The van der Waals surface area contributed by atoms with Crippen molar-refractivity contribution in [2.45, 2.75) is 32.5 Å². The number of hydrogen-bond acceptors (Lipinski definition) is 5. The Morgan fingerprint density at radius 1 is 1.56 bits per heavy atom. The second-order valence-electron chi connectivity index (χ2n) is 4.52. The number of rotatable bonds is 5. The largest absolute Gasteiger partial charge is 0.373 e. The molecule has 3 N–H and O–H groups in total. The van der Waals surface area contributed by atoms with Crippen molar-refractivity contribution in [2.24, 2.45) is 5.84 Å². The van der Waals surface area contributed by atoms with Crippen molar-refractivity contribution in [3.05, 3.63) is 18.0 Å². The smallest absolute Gasteiger partial charge is 0.0925 e. The molecule has 0 radical (unpaired) electrons. The molecule has 18 heavy (non-hydrogen) atoms. The third kappa shape index (κ3) is 2.72. The zero-order chi connectivity index (χ0) is 13.0. The minimum atomic E-state index is -0.0122. The fourth-order valence-electron chi connectivity index (χ4n) is 2.47. The van der Waals surface area contributed by atoms with Crippen molar-refractivity contribution in [3.63, 3.8) is 0 Å². The summed E-state index contributed by atoms with van der Waals surface area (Å²) in [5.41, 5.74) is 3.97. The fraction of sp³-hybridized carbons (Fsp3) is 0.750. The quantitative estimate of drug-likeness (QED) is 0.576. The van der Waals surface area contributed by atoms with Crippen molar-refractivity contribution >= 4 is 0 Å². The van der Waals surface area contributed by atoms with Crippen molar-refractivity contribution in [2.75, 3.05) is 26.2 Å². The van der Waals surface area contributed by atoms with E-state index in [0.29, 0.717) is 0 Å². The van der Waals surface area contributed by atoms with Crippen LogP contribution in [0.2, 0.25) is 0 Å². The van der Waals surface area contributed by atoms with E-state index in [9.17, 15) is 0 Å². The third-order valence-corrected chi connectivity index (χ3v) is 3.54. The average molecular weight is 253 g/mol. The van der Waals surface area contributed by atoms with Gasteiger partial charge in [0.05, 0.1) is 24.4 Å². The Bertz CT molecular complexity index is 367. The lowest BCUT2D eigenvalue weighted by Gasteiger charge is -2.36. The van der Waals surface area contributed by atoms with E-state index < -0.39 is 0 Å². The summed E-state index contributed by atoms with van der Waals surface area (Å²) >= 11 is 0. The normalized spacial score (nSPS) is 23.2. The molecule has 6 nitrogen and oxygen atoms in total. The van der Waals surface area contributed by atoms with Gasteiger partial charge in [0.1, 0.15) is 0 Å². The highest BCUT2D eigenvalue weighted by atomic mass is 16.5. The van der Waals surface area contributed by atoms with Gasteiger partial charge in [0.15, 0.2) is 0 Å². The topological polar surface area (TPSA) is 68.3 Å². The van der Waals surface area contributed by atoms with Crippen molar-refractivity contribution in [1.82, 2.24) is 20.1 Å². The van der Waals surface area contributed by atoms with Gasteiger partial charge in [0, 0.05) is 25.8 Å². The van der Waals surface area contributed by atoms with Crippen LogP contribution in [0.3, 0.4) is 0 Å². The number of ether oxygens (including phenoxy) is 1. The van der Waals surface area contributed by atoms with Crippen molar-refractivity contribution in [1.29, 1.82) is 0 Å². The summed E-state index contributed by atoms with van der Waals surface area (Å²) in [6.45, 7) is 8.79. The molecule has 0 spiro atoms. The van der Waals surface area contributed by atoms with Gasteiger partial charge in [-0.1, -0.05) is 6.92 Å². The van der Waals surface area contributed by atoms with E-state index in [0.717, 1.165) is 38.5 Å². The van der Waals surface area contributed by atoms with Gasteiger partial charge in [-0.25, -0.2) is 5.43 Å². The standard InChI is InChI=1S/C12H23N5O/c1-3-16-7-8-18-11(9-16)12(15-13)10-5-6-14-17(10)4-2/h5-6,11-12,15H,3-4,7-9,13H2,1-2H3. The summed E-state index contributed by atoms with van der Waals surface area (Å²) < 4.78 is 7.82. The van der Waals surface area contributed by atoms with E-state index in [1.165, 1.54) is 0 Å². The van der Waals surface area contributed by atoms with Crippen LogP contribution in [0.1, 0.15) is 25.6 Å². The second kappa shape index (κ2) is 6.29. The molecule has 2 atom stereocenters. The van der Waals surface area contributed by atoms with Crippen molar-refractivity contribution in [3.8, 4) is 0 Å². The predicted octanol–water partition coefficient (Wildman–Crippen LogP) is 0.128. The zero-order valence-electron chi connectivity index (χ0n) is 11.2. The Morgan fingerprint density at radius 3 is 3.06 bits per heavy atom.